The average molecular weight is 714 g/mol. The molecule has 2 saturated heterocycles. The van der Waals surface area contributed by atoms with E-state index in [-0.39, 0.29) is 32.3 Å². The van der Waals surface area contributed by atoms with Gasteiger partial charge in [0, 0.05) is 32.9 Å². The summed E-state index contributed by atoms with van der Waals surface area (Å²) in [6.45, 7) is 5.92. The van der Waals surface area contributed by atoms with Crippen molar-refractivity contribution in [3.8, 4) is 0 Å². The third-order valence-corrected chi connectivity index (χ3v) is 8.52. The van der Waals surface area contributed by atoms with Crippen LogP contribution in [0.4, 0.5) is 0 Å². The van der Waals surface area contributed by atoms with E-state index in [0.29, 0.717) is 52.7 Å². The highest BCUT2D eigenvalue weighted by Gasteiger charge is 2.75. The average Bonchev–Trinajstić information content (AvgIpc) is 3.63. The lowest BCUT2D eigenvalue weighted by molar-refractivity contribution is -0.272. The Labute approximate surface area is 285 Å². The number of likely N-dealkylation sites (N-methyl/N-ethyl adjacent to an activating group) is 1. The van der Waals surface area contributed by atoms with Crippen LogP contribution < -0.4 is 10.6 Å². The predicted octanol–water partition coefficient (Wildman–Crippen LogP) is -5.09. The van der Waals surface area contributed by atoms with Crippen molar-refractivity contribution in [3.05, 3.63) is 0 Å². The van der Waals surface area contributed by atoms with E-state index in [2.05, 4.69) is 15.5 Å². The fraction of sp³-hybridized carbons (Fsp3) is 0.933. The molecule has 0 aromatic heterocycles. The Kier molecular flexibility index (Phi) is 17.9. The topological polar surface area (TPSA) is 257 Å². The van der Waals surface area contributed by atoms with Gasteiger partial charge in [0.25, 0.3) is 0 Å². The number of hydrogen-bond acceptors (Lipinski definition) is 17. The number of carbonyl (C=O) groups is 2. The molecule has 1 saturated carbocycles. The molecule has 2 aliphatic heterocycles. The Balaban J connectivity index is 1.14. The van der Waals surface area contributed by atoms with Crippen molar-refractivity contribution >= 4 is 11.8 Å². The second-order valence-electron chi connectivity index (χ2n) is 12.2. The van der Waals surface area contributed by atoms with Crippen molar-refractivity contribution < 1.29 is 78.1 Å². The summed E-state index contributed by atoms with van der Waals surface area (Å²) < 4.78 is 44.6. The third kappa shape index (κ3) is 12.2. The van der Waals surface area contributed by atoms with Crippen molar-refractivity contribution in [2.24, 2.45) is 5.92 Å². The summed E-state index contributed by atoms with van der Waals surface area (Å²) in [6, 6.07) is -1.77. The molecule has 0 aromatic rings. The SMILES string of the molecule is CC(=O)NC1C(O)[C@@H](O)C(CO)O[C@H]1OCCOCCOCCN(C)CCOCCOCCO[C@@H]1OC(CO)C2(O)C(O)C2C1NC(C)=O. The number of fused-ring (bicyclic) bond motifs is 1. The molecule has 0 spiro atoms. The Morgan fingerprint density at radius 2 is 1.16 bits per heavy atom. The Morgan fingerprint density at radius 3 is 1.65 bits per heavy atom. The smallest absolute Gasteiger partial charge is 0.217 e. The highest BCUT2D eigenvalue weighted by atomic mass is 16.7. The van der Waals surface area contributed by atoms with Gasteiger partial charge in [-0.05, 0) is 7.05 Å². The zero-order valence-corrected chi connectivity index (χ0v) is 28.4. The summed E-state index contributed by atoms with van der Waals surface area (Å²) in [7, 11) is 1.94. The van der Waals surface area contributed by atoms with Gasteiger partial charge in [-0.3, -0.25) is 9.59 Å². The second kappa shape index (κ2) is 21.0. The van der Waals surface area contributed by atoms with E-state index in [1.807, 2.05) is 7.05 Å². The van der Waals surface area contributed by atoms with Crippen LogP contribution in [-0.4, -0.2) is 208 Å². The van der Waals surface area contributed by atoms with Crippen LogP contribution in [0.15, 0.2) is 0 Å². The molecule has 19 nitrogen and oxygen atoms in total. The summed E-state index contributed by atoms with van der Waals surface area (Å²) in [4.78, 5) is 25.2. The first-order chi connectivity index (χ1) is 23.4. The van der Waals surface area contributed by atoms with Gasteiger partial charge in [-0.25, -0.2) is 0 Å². The van der Waals surface area contributed by atoms with Crippen LogP contribution in [0, 0.1) is 5.92 Å². The summed E-state index contributed by atoms with van der Waals surface area (Å²) in [5.41, 5.74) is -1.62. The van der Waals surface area contributed by atoms with Crippen molar-refractivity contribution in [1.29, 1.82) is 0 Å². The van der Waals surface area contributed by atoms with E-state index in [1.54, 1.807) is 0 Å². The number of hydrogen-bond donors (Lipinski definition) is 8. The number of nitrogens with zero attached hydrogens (tertiary/aromatic N) is 1. The molecule has 2 heterocycles. The molecule has 0 bridgehead atoms. The molecule has 1 aliphatic carbocycles. The first-order valence-electron chi connectivity index (χ1n) is 16.5. The van der Waals surface area contributed by atoms with Gasteiger partial charge in [-0.1, -0.05) is 0 Å². The minimum Gasteiger partial charge on any atom is -0.394 e. The molecule has 2 amide bonds. The van der Waals surface area contributed by atoms with Crippen LogP contribution >= 0.6 is 0 Å². The largest absolute Gasteiger partial charge is 0.394 e. The second-order valence-corrected chi connectivity index (χ2v) is 12.2. The summed E-state index contributed by atoms with van der Waals surface area (Å²) in [5, 5.41) is 65.2. The van der Waals surface area contributed by atoms with Gasteiger partial charge in [0.05, 0.1) is 91.4 Å². The molecular weight excluding hydrogens is 658 g/mol. The summed E-state index contributed by atoms with van der Waals surface area (Å²) in [5.74, 6) is -1.50. The Hall–Kier alpha value is -1.66. The minimum absolute atomic E-state index is 0.0863. The van der Waals surface area contributed by atoms with Crippen molar-refractivity contribution in [2.75, 3.05) is 99.4 Å². The van der Waals surface area contributed by atoms with Crippen molar-refractivity contribution in [1.82, 2.24) is 15.5 Å². The number of carbonyl (C=O) groups excluding carboxylic acids is 2. The van der Waals surface area contributed by atoms with E-state index < -0.39 is 85.8 Å². The van der Waals surface area contributed by atoms with E-state index in [9.17, 15) is 40.2 Å². The maximum atomic E-state index is 11.6. The fourth-order valence-corrected chi connectivity index (χ4v) is 5.80. The number of nitrogens with one attached hydrogen (secondary N) is 2. The molecule has 8 N–H and O–H groups in total. The van der Waals surface area contributed by atoms with Crippen LogP contribution in [0.2, 0.25) is 0 Å². The molecule has 0 aromatic carbocycles. The molecule has 0 radical (unpaired) electrons. The molecule has 8 unspecified atom stereocenters. The number of amides is 2. The summed E-state index contributed by atoms with van der Waals surface area (Å²) >= 11 is 0. The molecule has 3 aliphatic rings. The first kappa shape index (κ1) is 41.8. The lowest BCUT2D eigenvalue weighted by Gasteiger charge is -2.42. The van der Waals surface area contributed by atoms with Gasteiger partial charge in [-0.15, -0.1) is 0 Å². The van der Waals surface area contributed by atoms with Gasteiger partial charge < -0.3 is 84.1 Å². The van der Waals surface area contributed by atoms with Crippen LogP contribution in [0.25, 0.3) is 0 Å². The van der Waals surface area contributed by atoms with Crippen LogP contribution in [0.5, 0.6) is 0 Å². The van der Waals surface area contributed by atoms with Crippen molar-refractivity contribution in [2.45, 2.75) is 74.6 Å². The molecule has 49 heavy (non-hydrogen) atoms. The molecule has 11 atom stereocenters. The zero-order chi connectivity index (χ0) is 36.0. The standard InChI is InChI=1S/C30H55N3O16/c1-18(36)31-23-22-27(40)30(22,41)21(17-35)49-28(23)46-14-12-44-10-8-42-6-4-33(3)5-7-43-9-11-45-13-15-47-29-24(32-19(2)37)26(39)25(38)20(16-34)48-29/h20-29,34-35,38-41H,4-17H2,1-3H3,(H,31,36)(H,32,37)/t20?,21?,22?,23?,24?,25-,26?,27?,28+,29+,30?/m0/s1. The van der Waals surface area contributed by atoms with E-state index in [4.69, 9.17) is 37.9 Å². The van der Waals surface area contributed by atoms with Crippen LogP contribution in [0.1, 0.15) is 13.8 Å². The molecular formula is C30H55N3O16. The number of rotatable bonds is 24. The number of aliphatic hydroxyl groups is 6. The highest BCUT2D eigenvalue weighted by Crippen LogP contribution is 2.54. The van der Waals surface area contributed by atoms with Crippen molar-refractivity contribution in [3.63, 3.8) is 0 Å². The molecule has 3 rings (SSSR count). The Bertz CT molecular complexity index is 985. The quantitative estimate of drug-likeness (QED) is 0.0435. The van der Waals surface area contributed by atoms with Crippen LogP contribution in [-0.2, 0) is 47.5 Å². The lowest BCUT2D eigenvalue weighted by atomic mass is 9.97. The predicted molar refractivity (Wildman–Crippen MR) is 166 cm³/mol. The monoisotopic (exact) mass is 713 g/mol. The van der Waals surface area contributed by atoms with Gasteiger partial charge in [0.2, 0.25) is 11.8 Å². The third-order valence-electron chi connectivity index (χ3n) is 8.52. The lowest BCUT2D eigenvalue weighted by Crippen LogP contribution is -2.64. The highest BCUT2D eigenvalue weighted by molar-refractivity contribution is 5.73. The maximum Gasteiger partial charge on any atom is 0.217 e. The van der Waals surface area contributed by atoms with Gasteiger partial charge in [0.15, 0.2) is 12.6 Å². The maximum absolute atomic E-state index is 11.6. The van der Waals surface area contributed by atoms with Gasteiger partial charge in [-0.2, -0.15) is 0 Å². The van der Waals surface area contributed by atoms with Gasteiger partial charge >= 0.3 is 0 Å². The fourth-order valence-electron chi connectivity index (χ4n) is 5.80. The number of aliphatic hydroxyl groups excluding tert-OH is 5. The normalized spacial score (nSPS) is 34.1. The molecule has 286 valence electrons. The van der Waals surface area contributed by atoms with Gasteiger partial charge in [0.1, 0.15) is 36.1 Å². The molecule has 3 fully saturated rings. The minimum atomic E-state index is -1.62. The summed E-state index contributed by atoms with van der Waals surface area (Å²) in [6.07, 6.45) is -7.99. The Morgan fingerprint density at radius 1 is 0.694 bits per heavy atom. The van der Waals surface area contributed by atoms with E-state index in [0.717, 1.165) is 0 Å². The van der Waals surface area contributed by atoms with E-state index >= 15 is 0 Å². The zero-order valence-electron chi connectivity index (χ0n) is 28.4. The number of ether oxygens (including phenoxy) is 8. The van der Waals surface area contributed by atoms with E-state index in [1.165, 1.54) is 13.8 Å². The molecule has 19 heteroatoms. The first-order valence-corrected chi connectivity index (χ1v) is 16.5. The van der Waals surface area contributed by atoms with Crippen LogP contribution in [0.3, 0.4) is 0 Å².